The van der Waals surface area contributed by atoms with Gasteiger partial charge in [-0.3, -0.25) is 9.78 Å². The second-order valence-electron chi connectivity index (χ2n) is 4.07. The van der Waals surface area contributed by atoms with Crippen LogP contribution in [0.4, 0.5) is 5.69 Å². The van der Waals surface area contributed by atoms with Crippen molar-refractivity contribution in [3.8, 4) is 5.75 Å². The van der Waals surface area contributed by atoms with Crippen LogP contribution in [0.3, 0.4) is 0 Å². The van der Waals surface area contributed by atoms with Gasteiger partial charge in [0.15, 0.2) is 6.10 Å². The molecule has 1 aromatic carbocycles. The maximum Gasteiger partial charge on any atom is 0.265 e. The number of amides is 1. The van der Waals surface area contributed by atoms with E-state index in [4.69, 9.17) is 4.74 Å². The maximum absolute atomic E-state index is 12.0. The number of hydrogen-bond donors (Lipinski definition) is 1. The van der Waals surface area contributed by atoms with Crippen LogP contribution in [0.2, 0.25) is 0 Å². The predicted octanol–water partition coefficient (Wildman–Crippen LogP) is 4.01. The monoisotopic (exact) mass is 398 g/mol. The highest BCUT2D eigenvalue weighted by molar-refractivity contribution is 9.11. The number of nitrogens with zero attached hydrogens (tertiary/aromatic N) is 1. The van der Waals surface area contributed by atoms with E-state index in [0.29, 0.717) is 11.4 Å². The molecule has 0 aliphatic carbocycles. The van der Waals surface area contributed by atoms with Gasteiger partial charge in [0, 0.05) is 10.7 Å². The summed E-state index contributed by atoms with van der Waals surface area (Å²) in [4.78, 5) is 15.9. The third kappa shape index (κ3) is 4.05. The number of hydrogen-bond acceptors (Lipinski definition) is 3. The summed E-state index contributed by atoms with van der Waals surface area (Å²) in [5.74, 6) is 0.384. The molecular formula is C14H12Br2N2O2. The molecule has 2 aromatic rings. The van der Waals surface area contributed by atoms with Gasteiger partial charge in [-0.25, -0.2) is 0 Å². The van der Waals surface area contributed by atoms with Crippen molar-refractivity contribution in [3.63, 3.8) is 0 Å². The minimum Gasteiger partial charge on any atom is -0.480 e. The lowest BCUT2D eigenvalue weighted by molar-refractivity contribution is -0.122. The Morgan fingerprint density at radius 2 is 2.15 bits per heavy atom. The van der Waals surface area contributed by atoms with Gasteiger partial charge in [-0.05, 0) is 53.2 Å². The molecule has 104 valence electrons. The van der Waals surface area contributed by atoms with E-state index in [2.05, 4.69) is 42.2 Å². The standard InChI is InChI=1S/C14H12Br2N2O2/c1-9(14(19)18-11-3-2-6-17-8-11)20-13-5-4-10(15)7-12(13)16/h2-9H,1H3,(H,18,19)/t9-/m1/s1. The lowest BCUT2D eigenvalue weighted by atomic mass is 10.3. The first kappa shape index (κ1) is 15.0. The quantitative estimate of drug-likeness (QED) is 0.844. The minimum atomic E-state index is -0.618. The van der Waals surface area contributed by atoms with E-state index in [0.717, 1.165) is 8.95 Å². The second kappa shape index (κ2) is 6.85. The fourth-order valence-electron chi connectivity index (χ4n) is 1.50. The van der Waals surface area contributed by atoms with Gasteiger partial charge in [-0.2, -0.15) is 0 Å². The third-order valence-electron chi connectivity index (χ3n) is 2.50. The molecule has 4 nitrogen and oxygen atoms in total. The number of halogens is 2. The van der Waals surface area contributed by atoms with Gasteiger partial charge >= 0.3 is 0 Å². The summed E-state index contributed by atoms with van der Waals surface area (Å²) in [6, 6.07) is 9.04. The van der Waals surface area contributed by atoms with E-state index < -0.39 is 6.10 Å². The van der Waals surface area contributed by atoms with Crippen molar-refractivity contribution in [2.45, 2.75) is 13.0 Å². The summed E-state index contributed by atoms with van der Waals surface area (Å²) in [5, 5.41) is 2.74. The number of nitrogens with one attached hydrogen (secondary N) is 1. The molecule has 1 heterocycles. The van der Waals surface area contributed by atoms with Gasteiger partial charge in [0.05, 0.1) is 16.4 Å². The molecule has 1 aromatic heterocycles. The molecule has 0 bridgehead atoms. The molecule has 0 spiro atoms. The van der Waals surface area contributed by atoms with E-state index in [1.807, 2.05) is 12.1 Å². The van der Waals surface area contributed by atoms with E-state index in [1.54, 1.807) is 37.5 Å². The zero-order chi connectivity index (χ0) is 14.5. The van der Waals surface area contributed by atoms with E-state index in [9.17, 15) is 4.79 Å². The smallest absolute Gasteiger partial charge is 0.265 e. The molecule has 0 radical (unpaired) electrons. The van der Waals surface area contributed by atoms with Crippen molar-refractivity contribution in [1.29, 1.82) is 0 Å². The maximum atomic E-state index is 12.0. The number of benzene rings is 1. The molecule has 1 N–H and O–H groups in total. The van der Waals surface area contributed by atoms with Crippen molar-refractivity contribution in [2.75, 3.05) is 5.32 Å². The van der Waals surface area contributed by atoms with Crippen LogP contribution in [0.5, 0.6) is 5.75 Å². The number of ether oxygens (including phenoxy) is 1. The zero-order valence-corrected chi connectivity index (χ0v) is 13.8. The highest BCUT2D eigenvalue weighted by atomic mass is 79.9. The van der Waals surface area contributed by atoms with Gasteiger partial charge < -0.3 is 10.1 Å². The Morgan fingerprint density at radius 1 is 1.35 bits per heavy atom. The van der Waals surface area contributed by atoms with E-state index in [-0.39, 0.29) is 5.91 Å². The first-order chi connectivity index (χ1) is 9.56. The van der Waals surface area contributed by atoms with Crippen molar-refractivity contribution < 1.29 is 9.53 Å². The highest BCUT2D eigenvalue weighted by Gasteiger charge is 2.16. The molecule has 0 aliphatic heterocycles. The number of carbonyl (C=O) groups is 1. The average Bonchev–Trinajstić information content (AvgIpc) is 2.43. The Labute approximate surface area is 133 Å². The first-order valence-corrected chi connectivity index (χ1v) is 7.47. The fourth-order valence-corrected chi connectivity index (χ4v) is 2.64. The van der Waals surface area contributed by atoms with Crippen molar-refractivity contribution in [2.24, 2.45) is 0 Å². The Bertz CT molecular complexity index is 605. The summed E-state index contributed by atoms with van der Waals surface area (Å²) < 4.78 is 7.35. The van der Waals surface area contributed by atoms with Crippen molar-refractivity contribution in [1.82, 2.24) is 4.98 Å². The predicted molar refractivity (Wildman–Crippen MR) is 84.8 cm³/mol. The summed E-state index contributed by atoms with van der Waals surface area (Å²) in [5.41, 5.74) is 0.642. The van der Waals surface area contributed by atoms with E-state index in [1.165, 1.54) is 0 Å². The molecule has 0 aliphatic rings. The van der Waals surface area contributed by atoms with Gasteiger partial charge in [0.2, 0.25) is 0 Å². The lowest BCUT2D eigenvalue weighted by Gasteiger charge is -2.15. The highest BCUT2D eigenvalue weighted by Crippen LogP contribution is 2.29. The molecule has 0 saturated carbocycles. The van der Waals surface area contributed by atoms with Crippen molar-refractivity contribution in [3.05, 3.63) is 51.7 Å². The molecule has 1 atom stereocenters. The third-order valence-corrected chi connectivity index (χ3v) is 3.61. The summed E-state index contributed by atoms with van der Waals surface area (Å²) in [6.07, 6.45) is 2.61. The van der Waals surface area contributed by atoms with Crippen LogP contribution in [0.25, 0.3) is 0 Å². The van der Waals surface area contributed by atoms with E-state index >= 15 is 0 Å². The first-order valence-electron chi connectivity index (χ1n) is 5.89. The van der Waals surface area contributed by atoms with Crippen LogP contribution in [-0.4, -0.2) is 17.0 Å². The SMILES string of the molecule is C[C@@H](Oc1ccc(Br)cc1Br)C(=O)Nc1cccnc1. The van der Waals surface area contributed by atoms with Gasteiger partial charge in [0.25, 0.3) is 5.91 Å². The van der Waals surface area contributed by atoms with Crippen LogP contribution in [0.15, 0.2) is 51.7 Å². The molecule has 20 heavy (non-hydrogen) atoms. The normalized spacial score (nSPS) is 11.8. The molecular weight excluding hydrogens is 388 g/mol. The molecule has 0 saturated heterocycles. The number of rotatable bonds is 4. The molecule has 1 amide bonds. The molecule has 2 rings (SSSR count). The second-order valence-corrected chi connectivity index (χ2v) is 5.84. The Hall–Kier alpha value is -1.40. The topological polar surface area (TPSA) is 51.2 Å². The average molecular weight is 400 g/mol. The van der Waals surface area contributed by atoms with Gasteiger partial charge in [-0.1, -0.05) is 15.9 Å². The lowest BCUT2D eigenvalue weighted by Crippen LogP contribution is -2.30. The molecule has 0 fully saturated rings. The number of aromatic nitrogens is 1. The van der Waals surface area contributed by atoms with Gasteiger partial charge in [-0.15, -0.1) is 0 Å². The van der Waals surface area contributed by atoms with Crippen LogP contribution < -0.4 is 10.1 Å². The molecule has 6 heteroatoms. The Kier molecular flexibility index (Phi) is 5.14. The molecule has 0 unspecified atom stereocenters. The van der Waals surface area contributed by atoms with Crippen LogP contribution in [0.1, 0.15) is 6.92 Å². The summed E-state index contributed by atoms with van der Waals surface area (Å²) >= 11 is 6.76. The van der Waals surface area contributed by atoms with Crippen molar-refractivity contribution >= 4 is 43.5 Å². The number of carbonyl (C=O) groups excluding carboxylic acids is 1. The summed E-state index contributed by atoms with van der Waals surface area (Å²) in [6.45, 7) is 1.69. The summed E-state index contributed by atoms with van der Waals surface area (Å²) in [7, 11) is 0. The van der Waals surface area contributed by atoms with Crippen LogP contribution in [-0.2, 0) is 4.79 Å². The minimum absolute atomic E-state index is 0.229. The Morgan fingerprint density at radius 3 is 2.80 bits per heavy atom. The fraction of sp³-hybridized carbons (Fsp3) is 0.143. The Balaban J connectivity index is 2.00. The van der Waals surface area contributed by atoms with Crippen LogP contribution in [0, 0.1) is 0 Å². The van der Waals surface area contributed by atoms with Gasteiger partial charge in [0.1, 0.15) is 5.75 Å². The van der Waals surface area contributed by atoms with Crippen LogP contribution >= 0.6 is 31.9 Å². The largest absolute Gasteiger partial charge is 0.480 e. The zero-order valence-electron chi connectivity index (χ0n) is 10.6. The number of pyridine rings is 1. The number of anilines is 1.